The molecular weight excluding hydrogens is 266 g/mol. The van der Waals surface area contributed by atoms with E-state index in [4.69, 9.17) is 0 Å². The maximum Gasteiger partial charge on any atom is 0.131 e. The molecule has 2 rings (SSSR count). The summed E-state index contributed by atoms with van der Waals surface area (Å²) in [5.74, 6) is 1.79. The van der Waals surface area contributed by atoms with Gasteiger partial charge in [0.1, 0.15) is 16.7 Å². The summed E-state index contributed by atoms with van der Waals surface area (Å²) in [5, 5.41) is 4.26. The Morgan fingerprint density at radius 3 is 2.50 bits per heavy atom. The Labute approximate surface area is 125 Å². The second kappa shape index (κ2) is 6.75. The fraction of sp³-hybridized carbons (Fsp3) is 0.375. The van der Waals surface area contributed by atoms with Crippen LogP contribution in [0.1, 0.15) is 30.8 Å². The molecule has 0 bridgehead atoms. The van der Waals surface area contributed by atoms with E-state index in [0.717, 1.165) is 29.6 Å². The molecule has 0 atom stereocenters. The van der Waals surface area contributed by atoms with Gasteiger partial charge in [-0.15, -0.1) is 0 Å². The second-order valence-corrected chi connectivity index (χ2v) is 5.83. The average molecular weight is 287 g/mol. The van der Waals surface area contributed by atoms with Crippen LogP contribution in [0.2, 0.25) is 0 Å². The van der Waals surface area contributed by atoms with Crippen LogP contribution >= 0.6 is 11.8 Å². The van der Waals surface area contributed by atoms with Crippen molar-refractivity contribution in [1.29, 1.82) is 0 Å². The largest absolute Gasteiger partial charge is 0.370 e. The fourth-order valence-corrected chi connectivity index (χ4v) is 2.79. The minimum absolute atomic E-state index is 0.847. The standard InChI is InChI=1S/C16H21N3S/c1-5-14-18-15(17-6-2)10-16(19-14)20-13-8-7-11(3)12(4)9-13/h7-10H,5-6H2,1-4H3,(H,17,18,19). The predicted molar refractivity (Wildman–Crippen MR) is 85.6 cm³/mol. The van der Waals surface area contributed by atoms with Crippen molar-refractivity contribution in [3.8, 4) is 0 Å². The van der Waals surface area contributed by atoms with Crippen molar-refractivity contribution in [1.82, 2.24) is 9.97 Å². The van der Waals surface area contributed by atoms with E-state index in [1.165, 1.54) is 16.0 Å². The summed E-state index contributed by atoms with van der Waals surface area (Å²) in [4.78, 5) is 10.3. The summed E-state index contributed by atoms with van der Waals surface area (Å²) >= 11 is 1.69. The van der Waals surface area contributed by atoms with Crippen LogP contribution in [0.15, 0.2) is 34.2 Å². The van der Waals surface area contributed by atoms with E-state index in [9.17, 15) is 0 Å². The Kier molecular flexibility index (Phi) is 5.01. The van der Waals surface area contributed by atoms with Gasteiger partial charge in [0.25, 0.3) is 0 Å². The molecule has 0 aliphatic heterocycles. The molecule has 3 nitrogen and oxygen atoms in total. The van der Waals surface area contributed by atoms with Gasteiger partial charge in [-0.3, -0.25) is 0 Å². The first-order valence-electron chi connectivity index (χ1n) is 6.99. The van der Waals surface area contributed by atoms with Gasteiger partial charge in [0.2, 0.25) is 0 Å². The molecular formula is C16H21N3S. The molecule has 0 saturated heterocycles. The smallest absolute Gasteiger partial charge is 0.131 e. The number of nitrogens with one attached hydrogen (secondary N) is 1. The Bertz CT molecular complexity index is 596. The molecule has 0 spiro atoms. The molecule has 2 aromatic rings. The van der Waals surface area contributed by atoms with Gasteiger partial charge in [0.05, 0.1) is 0 Å². The van der Waals surface area contributed by atoms with Crippen molar-refractivity contribution in [2.75, 3.05) is 11.9 Å². The maximum atomic E-state index is 4.59. The molecule has 4 heteroatoms. The third kappa shape index (κ3) is 3.73. The zero-order valence-corrected chi connectivity index (χ0v) is 13.3. The van der Waals surface area contributed by atoms with Crippen LogP contribution in [0.5, 0.6) is 0 Å². The molecule has 0 saturated carbocycles. The van der Waals surface area contributed by atoms with Crippen LogP contribution in [0.4, 0.5) is 5.82 Å². The van der Waals surface area contributed by atoms with E-state index in [1.54, 1.807) is 11.8 Å². The zero-order valence-electron chi connectivity index (χ0n) is 12.5. The first-order chi connectivity index (χ1) is 9.62. The molecule has 106 valence electrons. The first kappa shape index (κ1) is 14.9. The SMILES string of the molecule is CCNc1cc(Sc2ccc(C)c(C)c2)nc(CC)n1. The lowest BCUT2D eigenvalue weighted by Gasteiger charge is -2.08. The fourth-order valence-electron chi connectivity index (χ4n) is 1.85. The van der Waals surface area contributed by atoms with Crippen LogP contribution in [0, 0.1) is 13.8 Å². The summed E-state index contributed by atoms with van der Waals surface area (Å²) in [6.07, 6.45) is 0.847. The molecule has 0 fully saturated rings. The van der Waals surface area contributed by atoms with E-state index in [-0.39, 0.29) is 0 Å². The van der Waals surface area contributed by atoms with Crippen molar-refractivity contribution in [2.24, 2.45) is 0 Å². The number of hydrogen-bond donors (Lipinski definition) is 1. The Hall–Kier alpha value is -1.55. The Balaban J connectivity index is 2.27. The summed E-state index contributed by atoms with van der Waals surface area (Å²) in [5.41, 5.74) is 2.63. The Morgan fingerprint density at radius 2 is 1.85 bits per heavy atom. The molecule has 1 aromatic heterocycles. The third-order valence-electron chi connectivity index (χ3n) is 3.12. The van der Waals surface area contributed by atoms with Crippen LogP contribution in [-0.4, -0.2) is 16.5 Å². The molecule has 0 unspecified atom stereocenters. The van der Waals surface area contributed by atoms with Crippen LogP contribution in [0.3, 0.4) is 0 Å². The molecule has 1 N–H and O–H groups in total. The molecule has 20 heavy (non-hydrogen) atoms. The van der Waals surface area contributed by atoms with Gasteiger partial charge in [-0.2, -0.15) is 0 Å². The summed E-state index contributed by atoms with van der Waals surface area (Å²) in [6.45, 7) is 9.29. The van der Waals surface area contributed by atoms with Gasteiger partial charge in [0, 0.05) is 23.9 Å². The number of aromatic nitrogens is 2. The second-order valence-electron chi connectivity index (χ2n) is 4.74. The number of aryl methyl sites for hydroxylation is 3. The van der Waals surface area contributed by atoms with Gasteiger partial charge < -0.3 is 5.32 Å². The van der Waals surface area contributed by atoms with Gasteiger partial charge in [0.15, 0.2) is 0 Å². The van der Waals surface area contributed by atoms with Gasteiger partial charge in [-0.05, 0) is 44.0 Å². The maximum absolute atomic E-state index is 4.59. The Morgan fingerprint density at radius 1 is 1.05 bits per heavy atom. The lowest BCUT2D eigenvalue weighted by Crippen LogP contribution is -2.03. The van der Waals surface area contributed by atoms with Crippen LogP contribution in [-0.2, 0) is 6.42 Å². The van der Waals surface area contributed by atoms with E-state index in [0.29, 0.717) is 0 Å². The molecule has 0 aliphatic carbocycles. The third-order valence-corrected chi connectivity index (χ3v) is 4.03. The zero-order chi connectivity index (χ0) is 14.5. The quantitative estimate of drug-likeness (QED) is 0.835. The van der Waals surface area contributed by atoms with Gasteiger partial charge >= 0.3 is 0 Å². The number of rotatable bonds is 5. The molecule has 0 aliphatic rings. The van der Waals surface area contributed by atoms with Crippen molar-refractivity contribution in [2.45, 2.75) is 44.0 Å². The lowest BCUT2D eigenvalue weighted by atomic mass is 10.1. The van der Waals surface area contributed by atoms with Crippen LogP contribution in [0.25, 0.3) is 0 Å². The minimum Gasteiger partial charge on any atom is -0.370 e. The van der Waals surface area contributed by atoms with Crippen molar-refractivity contribution < 1.29 is 0 Å². The predicted octanol–water partition coefficient (Wildman–Crippen LogP) is 4.24. The van der Waals surface area contributed by atoms with Crippen LogP contribution < -0.4 is 5.32 Å². The average Bonchev–Trinajstić information content (AvgIpc) is 2.43. The van der Waals surface area contributed by atoms with Crippen molar-refractivity contribution in [3.05, 3.63) is 41.2 Å². The number of benzene rings is 1. The topological polar surface area (TPSA) is 37.8 Å². The number of hydrogen-bond acceptors (Lipinski definition) is 4. The van der Waals surface area contributed by atoms with Crippen molar-refractivity contribution in [3.63, 3.8) is 0 Å². The van der Waals surface area contributed by atoms with Gasteiger partial charge in [-0.25, -0.2) is 9.97 Å². The first-order valence-corrected chi connectivity index (χ1v) is 7.81. The minimum atomic E-state index is 0.847. The summed E-state index contributed by atoms with van der Waals surface area (Å²) in [6, 6.07) is 8.53. The van der Waals surface area contributed by atoms with E-state index in [2.05, 4.69) is 61.2 Å². The van der Waals surface area contributed by atoms with E-state index >= 15 is 0 Å². The highest BCUT2D eigenvalue weighted by Crippen LogP contribution is 2.29. The van der Waals surface area contributed by atoms with Crippen molar-refractivity contribution >= 4 is 17.6 Å². The molecule has 0 amide bonds. The van der Waals surface area contributed by atoms with Gasteiger partial charge in [-0.1, -0.05) is 24.8 Å². The molecule has 0 radical (unpaired) electrons. The number of nitrogens with zero attached hydrogens (tertiary/aromatic N) is 2. The highest BCUT2D eigenvalue weighted by Gasteiger charge is 2.06. The normalized spacial score (nSPS) is 10.6. The monoisotopic (exact) mass is 287 g/mol. The summed E-state index contributed by atoms with van der Waals surface area (Å²) < 4.78 is 0. The molecule has 1 aromatic carbocycles. The number of anilines is 1. The molecule has 1 heterocycles. The van der Waals surface area contributed by atoms with E-state index in [1.807, 2.05) is 6.07 Å². The highest BCUT2D eigenvalue weighted by atomic mass is 32.2. The summed E-state index contributed by atoms with van der Waals surface area (Å²) in [7, 11) is 0. The highest BCUT2D eigenvalue weighted by molar-refractivity contribution is 7.99. The van der Waals surface area contributed by atoms with E-state index < -0.39 is 0 Å². The lowest BCUT2D eigenvalue weighted by molar-refractivity contribution is 0.887.